The molecule has 0 bridgehead atoms. The van der Waals surface area contributed by atoms with Gasteiger partial charge in [0.2, 0.25) is 11.7 Å². The Morgan fingerprint density at radius 2 is 2.00 bits per heavy atom. The molecule has 0 heterocycles. The summed E-state index contributed by atoms with van der Waals surface area (Å²) < 4.78 is 26.3. The minimum Gasteiger partial charge on any atom is -0.323 e. The zero-order valence-corrected chi connectivity index (χ0v) is 8.57. The average molecular weight is 242 g/mol. The third kappa shape index (κ3) is 2.38. The van der Waals surface area contributed by atoms with Gasteiger partial charge in [0.25, 0.3) is 0 Å². The number of carbonyl (C=O) groups excluding carboxylic acids is 1. The number of nitrogens with zero attached hydrogens (tertiary/aromatic N) is 1. The normalized spacial score (nSPS) is 14.5. The topological polar surface area (TPSA) is 72.2 Å². The molecule has 2 rings (SSSR count). The molecule has 0 atom stereocenters. The molecule has 1 fully saturated rings. The van der Waals surface area contributed by atoms with Gasteiger partial charge in [-0.1, -0.05) is 0 Å². The molecule has 0 radical (unpaired) electrons. The predicted octanol–water partition coefficient (Wildman–Crippen LogP) is 2.22. The zero-order chi connectivity index (χ0) is 12.6. The Hall–Kier alpha value is -2.05. The number of hydrogen-bond donors (Lipinski definition) is 1. The minimum atomic E-state index is -1.27. The molecular weight excluding hydrogens is 234 g/mol. The summed E-state index contributed by atoms with van der Waals surface area (Å²) in [5, 5.41) is 12.7. The number of rotatable bonds is 3. The molecule has 1 aliphatic rings. The van der Waals surface area contributed by atoms with Crippen molar-refractivity contribution >= 4 is 17.3 Å². The monoisotopic (exact) mass is 242 g/mol. The van der Waals surface area contributed by atoms with Crippen LogP contribution in [-0.2, 0) is 4.79 Å². The Balaban J connectivity index is 2.29. The first-order valence-electron chi connectivity index (χ1n) is 4.93. The fourth-order valence-electron chi connectivity index (χ4n) is 1.35. The molecular formula is C10H8F2N2O3. The Kier molecular flexibility index (Phi) is 2.74. The maximum Gasteiger partial charge on any atom is 0.307 e. The lowest BCUT2D eigenvalue weighted by Gasteiger charge is -2.05. The fraction of sp³-hybridized carbons (Fsp3) is 0.300. The third-order valence-corrected chi connectivity index (χ3v) is 2.44. The smallest absolute Gasteiger partial charge is 0.307 e. The average Bonchev–Trinajstić information content (AvgIpc) is 3.04. The summed E-state index contributed by atoms with van der Waals surface area (Å²) >= 11 is 0. The highest BCUT2D eigenvalue weighted by molar-refractivity contribution is 5.94. The number of anilines is 1. The number of nitro benzene ring substituents is 1. The second-order valence-corrected chi connectivity index (χ2v) is 3.80. The van der Waals surface area contributed by atoms with Crippen molar-refractivity contribution < 1.29 is 18.5 Å². The largest absolute Gasteiger partial charge is 0.323 e. The van der Waals surface area contributed by atoms with E-state index in [0.29, 0.717) is 12.1 Å². The van der Waals surface area contributed by atoms with Gasteiger partial charge in [0.15, 0.2) is 0 Å². The van der Waals surface area contributed by atoms with Crippen molar-refractivity contribution in [3.05, 3.63) is 33.9 Å². The molecule has 1 aromatic carbocycles. The Labute approximate surface area is 94.6 Å². The Morgan fingerprint density at radius 3 is 2.53 bits per heavy atom. The summed E-state index contributed by atoms with van der Waals surface area (Å²) in [6.07, 6.45) is 1.44. The third-order valence-electron chi connectivity index (χ3n) is 2.44. The van der Waals surface area contributed by atoms with Crippen molar-refractivity contribution in [3.8, 4) is 0 Å². The van der Waals surface area contributed by atoms with E-state index < -0.39 is 28.2 Å². The summed E-state index contributed by atoms with van der Waals surface area (Å²) in [5.41, 5.74) is -1.23. The molecule has 1 saturated carbocycles. The van der Waals surface area contributed by atoms with E-state index in [9.17, 15) is 23.7 Å². The highest BCUT2D eigenvalue weighted by atomic mass is 19.1. The lowest BCUT2D eigenvalue weighted by molar-refractivity contribution is -0.387. The van der Waals surface area contributed by atoms with Gasteiger partial charge in [-0.2, -0.15) is 4.39 Å². The number of amides is 1. The number of carbonyl (C=O) groups is 1. The van der Waals surface area contributed by atoms with Gasteiger partial charge < -0.3 is 5.32 Å². The molecule has 1 aromatic rings. The van der Waals surface area contributed by atoms with Crippen molar-refractivity contribution in [2.45, 2.75) is 12.8 Å². The molecule has 0 aromatic heterocycles. The van der Waals surface area contributed by atoms with Crippen LogP contribution < -0.4 is 5.32 Å². The highest BCUT2D eigenvalue weighted by Gasteiger charge is 2.30. The van der Waals surface area contributed by atoms with Crippen LogP contribution in [0, 0.1) is 27.7 Å². The zero-order valence-electron chi connectivity index (χ0n) is 8.57. The molecule has 17 heavy (non-hydrogen) atoms. The van der Waals surface area contributed by atoms with E-state index in [1.165, 1.54) is 0 Å². The number of nitrogens with one attached hydrogen (secondary N) is 1. The second-order valence-electron chi connectivity index (χ2n) is 3.80. The molecule has 0 unspecified atom stereocenters. The fourth-order valence-corrected chi connectivity index (χ4v) is 1.35. The van der Waals surface area contributed by atoms with Crippen LogP contribution in [0.5, 0.6) is 0 Å². The van der Waals surface area contributed by atoms with Gasteiger partial charge in [-0.3, -0.25) is 14.9 Å². The SMILES string of the molecule is O=C(Nc1cc([N+](=O)[O-])c(F)cc1F)C1CC1. The van der Waals surface area contributed by atoms with Gasteiger partial charge >= 0.3 is 5.69 Å². The molecule has 7 heteroatoms. The Bertz CT molecular complexity index is 501. The van der Waals surface area contributed by atoms with Crippen molar-refractivity contribution in [3.63, 3.8) is 0 Å². The first-order valence-corrected chi connectivity index (χ1v) is 4.93. The van der Waals surface area contributed by atoms with Gasteiger partial charge in [0, 0.05) is 18.1 Å². The van der Waals surface area contributed by atoms with Gasteiger partial charge in [-0.15, -0.1) is 0 Å². The molecule has 90 valence electrons. The van der Waals surface area contributed by atoms with Crippen molar-refractivity contribution in [1.29, 1.82) is 0 Å². The van der Waals surface area contributed by atoms with Crippen LogP contribution in [0.25, 0.3) is 0 Å². The number of halogens is 2. The standard InChI is InChI=1S/C10H8F2N2O3/c11-6-3-7(12)9(14(16)17)4-8(6)13-10(15)5-1-2-5/h3-5H,1-2H2,(H,13,15). The van der Waals surface area contributed by atoms with E-state index in [1.54, 1.807) is 0 Å². The minimum absolute atomic E-state index is 0.168. The first kappa shape index (κ1) is 11.4. The molecule has 1 N–H and O–H groups in total. The predicted molar refractivity (Wildman–Crippen MR) is 54.4 cm³/mol. The van der Waals surface area contributed by atoms with Gasteiger partial charge in [0.1, 0.15) is 5.82 Å². The number of nitro groups is 1. The molecule has 1 aliphatic carbocycles. The molecule has 1 amide bonds. The summed E-state index contributed by atoms with van der Waals surface area (Å²) in [7, 11) is 0. The Morgan fingerprint density at radius 1 is 1.35 bits per heavy atom. The van der Waals surface area contributed by atoms with E-state index in [-0.39, 0.29) is 11.6 Å². The molecule has 5 nitrogen and oxygen atoms in total. The van der Waals surface area contributed by atoms with E-state index in [0.717, 1.165) is 12.8 Å². The van der Waals surface area contributed by atoms with Crippen LogP contribution >= 0.6 is 0 Å². The summed E-state index contributed by atoms with van der Waals surface area (Å²) in [6.45, 7) is 0. The van der Waals surface area contributed by atoms with E-state index in [1.807, 2.05) is 0 Å². The van der Waals surface area contributed by atoms with Crippen LogP contribution in [0.1, 0.15) is 12.8 Å². The summed E-state index contributed by atoms with van der Waals surface area (Å²) in [6, 6.07) is 1.07. The molecule has 0 saturated heterocycles. The quantitative estimate of drug-likeness (QED) is 0.652. The van der Waals surface area contributed by atoms with Crippen LogP contribution in [-0.4, -0.2) is 10.8 Å². The lowest BCUT2D eigenvalue weighted by Crippen LogP contribution is -2.14. The maximum absolute atomic E-state index is 13.3. The maximum atomic E-state index is 13.3. The van der Waals surface area contributed by atoms with E-state index in [2.05, 4.69) is 5.32 Å². The number of hydrogen-bond acceptors (Lipinski definition) is 3. The first-order chi connectivity index (χ1) is 7.99. The van der Waals surface area contributed by atoms with E-state index >= 15 is 0 Å². The molecule has 0 aliphatic heterocycles. The van der Waals surface area contributed by atoms with Crippen LogP contribution in [0.2, 0.25) is 0 Å². The van der Waals surface area contributed by atoms with Crippen molar-refractivity contribution in [1.82, 2.24) is 0 Å². The highest BCUT2D eigenvalue weighted by Crippen LogP contribution is 2.31. The second kappa shape index (κ2) is 4.08. The molecule has 0 spiro atoms. The summed E-state index contributed by atoms with van der Waals surface area (Å²) in [4.78, 5) is 20.8. The van der Waals surface area contributed by atoms with Crippen LogP contribution in [0.4, 0.5) is 20.2 Å². The van der Waals surface area contributed by atoms with Crippen molar-refractivity contribution in [2.75, 3.05) is 5.32 Å². The van der Waals surface area contributed by atoms with Gasteiger partial charge in [-0.05, 0) is 12.8 Å². The van der Waals surface area contributed by atoms with Gasteiger partial charge in [-0.25, -0.2) is 4.39 Å². The number of benzene rings is 1. The van der Waals surface area contributed by atoms with E-state index in [4.69, 9.17) is 0 Å². The van der Waals surface area contributed by atoms with Crippen LogP contribution in [0.3, 0.4) is 0 Å². The van der Waals surface area contributed by atoms with Crippen molar-refractivity contribution in [2.24, 2.45) is 5.92 Å². The van der Waals surface area contributed by atoms with Gasteiger partial charge in [0.05, 0.1) is 10.6 Å². The lowest BCUT2D eigenvalue weighted by atomic mass is 10.2. The summed E-state index contributed by atoms with van der Waals surface area (Å²) in [5.74, 6) is -2.86. The van der Waals surface area contributed by atoms with Crippen LogP contribution in [0.15, 0.2) is 12.1 Å².